The largest absolute Gasteiger partial charge is 0.457 e. The Kier molecular flexibility index (Phi) is 5.13. The number of hydrogen-bond donors (Lipinski definition) is 0. The van der Waals surface area contributed by atoms with Crippen LogP contribution in [0.15, 0.2) is 36.4 Å². The van der Waals surface area contributed by atoms with Gasteiger partial charge in [-0.15, -0.1) is 11.8 Å². The van der Waals surface area contributed by atoms with Crippen molar-refractivity contribution < 1.29 is 14.3 Å². The Morgan fingerprint density at radius 3 is 2.19 bits per heavy atom. The number of hydrogen-bond acceptors (Lipinski definition) is 5. The molecule has 1 aliphatic carbocycles. The zero-order valence-electron chi connectivity index (χ0n) is 15.6. The van der Waals surface area contributed by atoms with E-state index in [-0.39, 0.29) is 24.1 Å². The maximum atomic E-state index is 12.5. The molecule has 0 unspecified atom stereocenters. The van der Waals surface area contributed by atoms with E-state index in [4.69, 9.17) is 9.47 Å². The predicted molar refractivity (Wildman–Crippen MR) is 104 cm³/mol. The van der Waals surface area contributed by atoms with Gasteiger partial charge in [0.25, 0.3) is 0 Å². The predicted octanol–water partition coefficient (Wildman–Crippen LogP) is 3.60. The van der Waals surface area contributed by atoms with Gasteiger partial charge in [-0.3, -0.25) is 9.69 Å². The Bertz CT molecular complexity index is 702. The summed E-state index contributed by atoms with van der Waals surface area (Å²) in [6, 6.07) is 8.72. The molecule has 6 atom stereocenters. The molecular weight excluding hydrogens is 346 g/mol. The topological polar surface area (TPSA) is 38.8 Å². The summed E-state index contributed by atoms with van der Waals surface area (Å²) in [6.07, 6.45) is 4.08. The van der Waals surface area contributed by atoms with Crippen LogP contribution >= 0.6 is 11.8 Å². The molecule has 0 amide bonds. The van der Waals surface area contributed by atoms with E-state index in [0.29, 0.717) is 23.0 Å². The molecule has 1 saturated heterocycles. The second-order valence-corrected chi connectivity index (χ2v) is 8.55. The average Bonchev–Trinajstić information content (AvgIpc) is 3.24. The number of methoxy groups -OCH3 is 1. The van der Waals surface area contributed by atoms with E-state index in [1.54, 1.807) is 7.11 Å². The smallest absolute Gasteiger partial charge is 0.320 e. The maximum absolute atomic E-state index is 12.5. The van der Waals surface area contributed by atoms with Crippen molar-refractivity contribution in [1.82, 2.24) is 4.90 Å². The molecule has 26 heavy (non-hydrogen) atoms. The lowest BCUT2D eigenvalue weighted by atomic mass is 9.68. The Balaban J connectivity index is 1.57. The summed E-state index contributed by atoms with van der Waals surface area (Å²) in [4.78, 5) is 14.6. The molecule has 2 heterocycles. The fraction of sp³-hybridized carbons (Fsp3) is 0.571. The van der Waals surface area contributed by atoms with E-state index < -0.39 is 0 Å². The van der Waals surface area contributed by atoms with Crippen LogP contribution in [0.25, 0.3) is 0 Å². The summed E-state index contributed by atoms with van der Waals surface area (Å²) in [5.74, 6) is 0.524. The van der Waals surface area contributed by atoms with Crippen molar-refractivity contribution >= 4 is 17.7 Å². The minimum Gasteiger partial charge on any atom is -0.457 e. The molecule has 5 heteroatoms. The van der Waals surface area contributed by atoms with Gasteiger partial charge < -0.3 is 9.47 Å². The van der Waals surface area contributed by atoms with E-state index in [0.717, 1.165) is 13.1 Å². The quantitative estimate of drug-likeness (QED) is 0.563. The third-order valence-electron chi connectivity index (χ3n) is 6.08. The highest BCUT2D eigenvalue weighted by molar-refractivity contribution is 8.00. The van der Waals surface area contributed by atoms with Gasteiger partial charge in [-0.05, 0) is 30.3 Å². The molecule has 1 fully saturated rings. The second-order valence-electron chi connectivity index (χ2n) is 7.26. The molecule has 0 N–H and O–H groups in total. The van der Waals surface area contributed by atoms with Crippen molar-refractivity contribution in [2.45, 2.75) is 36.6 Å². The lowest BCUT2D eigenvalue weighted by molar-refractivity contribution is -0.152. The Hall–Kier alpha value is -1.30. The summed E-state index contributed by atoms with van der Waals surface area (Å²) < 4.78 is 11.7. The zero-order chi connectivity index (χ0) is 18.3. The average molecular weight is 374 g/mol. The zero-order valence-corrected chi connectivity index (χ0v) is 16.4. The standard InChI is InChI=1S/C21H27NO3S/c1-4-22(5-2)12-17(23)25-16-11-10-15(24-3)18-19(16)21-14-9-7-6-8-13(14)20(18)26-21/h6-11,15-16,18-21H,4-5,12H2,1-3H3/t15-,16+,18-,19+,20-,21+/m0/s1. The van der Waals surface area contributed by atoms with Gasteiger partial charge in [-0.2, -0.15) is 0 Å². The van der Waals surface area contributed by atoms with Crippen molar-refractivity contribution in [3.05, 3.63) is 47.5 Å². The van der Waals surface area contributed by atoms with Gasteiger partial charge in [-0.25, -0.2) is 0 Å². The summed E-state index contributed by atoms with van der Waals surface area (Å²) in [5.41, 5.74) is 2.85. The molecule has 4 rings (SSSR count). The van der Waals surface area contributed by atoms with Crippen molar-refractivity contribution in [3.63, 3.8) is 0 Å². The van der Waals surface area contributed by atoms with Gasteiger partial charge in [0, 0.05) is 29.4 Å². The van der Waals surface area contributed by atoms with Crippen LogP contribution in [0.4, 0.5) is 0 Å². The van der Waals surface area contributed by atoms with E-state index in [1.807, 2.05) is 11.8 Å². The van der Waals surface area contributed by atoms with Gasteiger partial charge in [0.05, 0.1) is 12.6 Å². The normalized spacial score (nSPS) is 34.0. The van der Waals surface area contributed by atoms with Gasteiger partial charge >= 0.3 is 5.97 Å². The Morgan fingerprint density at radius 2 is 1.62 bits per heavy atom. The van der Waals surface area contributed by atoms with E-state index in [1.165, 1.54) is 11.1 Å². The number of nitrogens with zero attached hydrogens (tertiary/aromatic N) is 1. The molecule has 0 radical (unpaired) electrons. The van der Waals surface area contributed by atoms with Crippen LogP contribution in [0.5, 0.6) is 0 Å². The van der Waals surface area contributed by atoms with E-state index >= 15 is 0 Å². The monoisotopic (exact) mass is 373 g/mol. The van der Waals surface area contributed by atoms with Crippen LogP contribution in [0.1, 0.15) is 35.5 Å². The highest BCUT2D eigenvalue weighted by Gasteiger charge is 2.58. The minimum atomic E-state index is -0.162. The van der Waals surface area contributed by atoms with E-state index in [2.05, 4.69) is 55.2 Å². The number of likely N-dealkylation sites (N-methyl/N-ethyl adjacent to an activating group) is 1. The number of benzene rings is 1. The highest BCUT2D eigenvalue weighted by Crippen LogP contribution is 2.69. The van der Waals surface area contributed by atoms with Crippen molar-refractivity contribution in [3.8, 4) is 0 Å². The van der Waals surface area contributed by atoms with Crippen LogP contribution in [0.2, 0.25) is 0 Å². The van der Waals surface area contributed by atoms with Crippen molar-refractivity contribution in [1.29, 1.82) is 0 Å². The van der Waals surface area contributed by atoms with Gasteiger partial charge in [0.15, 0.2) is 0 Å². The molecule has 0 aromatic heterocycles. The number of esters is 1. The summed E-state index contributed by atoms with van der Waals surface area (Å²) in [5, 5.41) is 0.815. The minimum absolute atomic E-state index is 0.0913. The highest BCUT2D eigenvalue weighted by atomic mass is 32.2. The molecule has 4 nitrogen and oxygen atoms in total. The van der Waals surface area contributed by atoms with Crippen LogP contribution in [-0.2, 0) is 14.3 Å². The number of carbonyl (C=O) groups is 1. The van der Waals surface area contributed by atoms with Crippen LogP contribution < -0.4 is 0 Å². The molecule has 2 bridgehead atoms. The number of rotatable bonds is 6. The van der Waals surface area contributed by atoms with Gasteiger partial charge in [0.2, 0.25) is 0 Å². The number of fused-ring (bicyclic) bond motifs is 8. The Labute approximate surface area is 159 Å². The summed E-state index contributed by atoms with van der Waals surface area (Å²) in [6.45, 7) is 6.22. The molecule has 0 spiro atoms. The van der Waals surface area contributed by atoms with Crippen LogP contribution in [0.3, 0.4) is 0 Å². The van der Waals surface area contributed by atoms with Crippen molar-refractivity contribution in [2.75, 3.05) is 26.7 Å². The fourth-order valence-corrected chi connectivity index (χ4v) is 6.84. The first kappa shape index (κ1) is 18.1. The first-order valence-electron chi connectivity index (χ1n) is 9.55. The molecule has 1 aromatic rings. The number of carbonyl (C=O) groups excluding carboxylic acids is 1. The first-order chi connectivity index (χ1) is 12.7. The number of thioether (sulfide) groups is 1. The van der Waals surface area contributed by atoms with Crippen molar-refractivity contribution in [2.24, 2.45) is 11.8 Å². The van der Waals surface area contributed by atoms with E-state index in [9.17, 15) is 4.79 Å². The molecular formula is C21H27NO3S. The molecule has 3 aliphatic rings. The van der Waals surface area contributed by atoms with Crippen LogP contribution in [-0.4, -0.2) is 49.8 Å². The lowest BCUT2D eigenvalue weighted by Crippen LogP contribution is -2.44. The summed E-state index contributed by atoms with van der Waals surface area (Å²) in [7, 11) is 1.78. The van der Waals surface area contributed by atoms with Crippen LogP contribution in [0, 0.1) is 11.8 Å². The first-order valence-corrected chi connectivity index (χ1v) is 10.5. The third kappa shape index (κ3) is 2.90. The third-order valence-corrected chi connectivity index (χ3v) is 7.80. The SMILES string of the molecule is CCN(CC)CC(=O)O[C@@H]1C=C[C@H](OC)[C@H]2[C@@H]1[C@@H]1S[C@H]2c2ccccc21. The molecule has 0 saturated carbocycles. The van der Waals surface area contributed by atoms with Gasteiger partial charge in [0.1, 0.15) is 6.10 Å². The number of ether oxygens (including phenoxy) is 2. The van der Waals surface area contributed by atoms with Gasteiger partial charge in [-0.1, -0.05) is 44.2 Å². The lowest BCUT2D eigenvalue weighted by Gasteiger charge is -2.41. The fourth-order valence-electron chi connectivity index (χ4n) is 4.76. The molecule has 1 aromatic carbocycles. The second kappa shape index (κ2) is 7.37. The summed E-state index contributed by atoms with van der Waals surface area (Å²) >= 11 is 2.02. The maximum Gasteiger partial charge on any atom is 0.320 e. The molecule has 2 aliphatic heterocycles. The Morgan fingerprint density at radius 1 is 1.04 bits per heavy atom. The molecule has 140 valence electrons.